The average molecular weight is 473 g/mol. The molecular weight excluding hydrogens is 452 g/mol. The first kappa shape index (κ1) is 20.1. The highest BCUT2D eigenvalue weighted by atomic mass is 15.1. The molecule has 1 aliphatic carbocycles. The second-order valence-corrected chi connectivity index (χ2v) is 9.33. The zero-order valence-electron chi connectivity index (χ0n) is 19.8. The Bertz CT molecular complexity index is 1940. The third-order valence-electron chi connectivity index (χ3n) is 7.39. The number of rotatable bonds is 1. The van der Waals surface area contributed by atoms with Crippen molar-refractivity contribution in [3.8, 4) is 50.3 Å². The van der Waals surface area contributed by atoms with E-state index in [0.29, 0.717) is 0 Å². The lowest BCUT2D eigenvalue weighted by atomic mass is 9.82. The molecule has 7 aromatic rings. The van der Waals surface area contributed by atoms with Crippen LogP contribution in [0.1, 0.15) is 0 Å². The second kappa shape index (κ2) is 7.70. The van der Waals surface area contributed by atoms with Crippen LogP contribution in [0.4, 0.5) is 0 Å². The molecule has 0 aliphatic heterocycles. The first-order valence-electron chi connectivity index (χ1n) is 12.4. The Balaban J connectivity index is 1.49. The maximum Gasteiger partial charge on any atom is 0.148 e. The van der Waals surface area contributed by atoms with Crippen LogP contribution in [0.2, 0.25) is 0 Å². The quantitative estimate of drug-likeness (QED) is 0.243. The van der Waals surface area contributed by atoms with Gasteiger partial charge in [-0.15, -0.1) is 0 Å². The van der Waals surface area contributed by atoms with Gasteiger partial charge in [-0.2, -0.15) is 0 Å². The van der Waals surface area contributed by atoms with Crippen LogP contribution in [-0.4, -0.2) is 19.5 Å². The molecular formula is C33H20N4. The number of benzene rings is 4. The van der Waals surface area contributed by atoms with E-state index in [1.807, 2.05) is 18.5 Å². The number of hydrogen-bond donors (Lipinski definition) is 0. The lowest BCUT2D eigenvalue weighted by Gasteiger charge is -2.23. The third-order valence-corrected chi connectivity index (χ3v) is 7.39. The molecule has 0 fully saturated rings. The molecule has 0 unspecified atom stereocenters. The summed E-state index contributed by atoms with van der Waals surface area (Å²) < 4.78 is 2.24. The molecule has 3 aromatic heterocycles. The maximum atomic E-state index is 4.87. The van der Waals surface area contributed by atoms with Gasteiger partial charge in [-0.25, -0.2) is 9.97 Å². The first-order chi connectivity index (χ1) is 18.4. The van der Waals surface area contributed by atoms with Gasteiger partial charge in [-0.05, 0) is 52.1 Å². The fraction of sp³-hybridized carbons (Fsp3) is 0. The van der Waals surface area contributed by atoms with Gasteiger partial charge in [-0.3, -0.25) is 9.55 Å². The molecule has 0 saturated carbocycles. The predicted molar refractivity (Wildman–Crippen MR) is 149 cm³/mol. The van der Waals surface area contributed by atoms with Crippen LogP contribution in [0.5, 0.6) is 0 Å². The topological polar surface area (TPSA) is 43.6 Å². The van der Waals surface area contributed by atoms with Crippen LogP contribution in [-0.2, 0) is 0 Å². The Hall–Kier alpha value is -5.09. The number of aromatic nitrogens is 4. The van der Waals surface area contributed by atoms with E-state index < -0.39 is 0 Å². The van der Waals surface area contributed by atoms with Gasteiger partial charge in [-0.1, -0.05) is 78.9 Å². The van der Waals surface area contributed by atoms with Gasteiger partial charge in [0.2, 0.25) is 0 Å². The van der Waals surface area contributed by atoms with Gasteiger partial charge in [0.15, 0.2) is 0 Å². The Morgan fingerprint density at radius 3 is 2.05 bits per heavy atom. The zero-order valence-corrected chi connectivity index (χ0v) is 19.8. The van der Waals surface area contributed by atoms with E-state index in [4.69, 9.17) is 9.97 Å². The summed E-state index contributed by atoms with van der Waals surface area (Å²) in [6.45, 7) is 0. The molecule has 0 bridgehead atoms. The van der Waals surface area contributed by atoms with Crippen LogP contribution in [0.3, 0.4) is 0 Å². The summed E-state index contributed by atoms with van der Waals surface area (Å²) in [6.07, 6.45) is 5.41. The van der Waals surface area contributed by atoms with Gasteiger partial charge in [0.1, 0.15) is 12.0 Å². The van der Waals surface area contributed by atoms with Crippen molar-refractivity contribution >= 4 is 21.9 Å². The third kappa shape index (κ3) is 2.87. The molecule has 8 rings (SSSR count). The molecule has 0 amide bonds. The van der Waals surface area contributed by atoms with Crippen LogP contribution >= 0.6 is 0 Å². The minimum absolute atomic E-state index is 0.905. The monoisotopic (exact) mass is 472 g/mol. The molecule has 172 valence electrons. The molecule has 4 heteroatoms. The van der Waals surface area contributed by atoms with E-state index in [0.717, 1.165) is 44.4 Å². The van der Waals surface area contributed by atoms with Crippen molar-refractivity contribution in [2.24, 2.45) is 0 Å². The molecule has 1 aliphatic rings. The van der Waals surface area contributed by atoms with Gasteiger partial charge in [0.25, 0.3) is 0 Å². The Kier molecular flexibility index (Phi) is 4.19. The number of pyridine rings is 1. The number of para-hydroxylation sites is 1. The largest absolute Gasteiger partial charge is 0.294 e. The fourth-order valence-corrected chi connectivity index (χ4v) is 5.81. The normalized spacial score (nSPS) is 11.8. The summed E-state index contributed by atoms with van der Waals surface area (Å²) in [5, 5.41) is 2.20. The summed E-state index contributed by atoms with van der Waals surface area (Å²) in [7, 11) is 0. The van der Waals surface area contributed by atoms with E-state index in [2.05, 4.69) is 107 Å². The zero-order chi connectivity index (χ0) is 24.3. The Labute approximate surface area is 213 Å². The summed E-state index contributed by atoms with van der Waals surface area (Å²) in [5.41, 5.74) is 12.3. The summed E-state index contributed by atoms with van der Waals surface area (Å²) in [5.74, 6) is 0. The summed E-state index contributed by atoms with van der Waals surface area (Å²) >= 11 is 0. The minimum atomic E-state index is 0.905. The smallest absolute Gasteiger partial charge is 0.148 e. The van der Waals surface area contributed by atoms with Crippen molar-refractivity contribution < 1.29 is 0 Å². The van der Waals surface area contributed by atoms with E-state index in [1.165, 1.54) is 27.8 Å². The molecule has 0 saturated heterocycles. The van der Waals surface area contributed by atoms with Crippen molar-refractivity contribution in [3.63, 3.8) is 0 Å². The van der Waals surface area contributed by atoms with Gasteiger partial charge in [0, 0.05) is 40.0 Å². The van der Waals surface area contributed by atoms with Crippen molar-refractivity contribution in [2.45, 2.75) is 0 Å². The fourth-order valence-electron chi connectivity index (χ4n) is 5.81. The van der Waals surface area contributed by atoms with E-state index in [9.17, 15) is 0 Å². The van der Waals surface area contributed by atoms with Gasteiger partial charge >= 0.3 is 0 Å². The SMILES string of the molecule is c1ccc2c(c1)-c1ccc(-n3c4ccccc4c4cncnc43)cc1-c1ccccc1-c1ncccc1-2. The summed E-state index contributed by atoms with van der Waals surface area (Å²) in [4.78, 5) is 13.9. The standard InChI is InChI=1S/C33H20N4/c1-2-9-23-22(8-1)25-16-15-21(37-31-14-6-5-11-26(31)30-19-34-20-36-33(30)37)18-29(25)24-10-3-4-12-27(24)32-28(23)13-7-17-35-32/h1-20H. The van der Waals surface area contributed by atoms with Gasteiger partial charge in [0.05, 0.1) is 11.2 Å². The Morgan fingerprint density at radius 1 is 0.514 bits per heavy atom. The van der Waals surface area contributed by atoms with Crippen LogP contribution < -0.4 is 0 Å². The lowest BCUT2D eigenvalue weighted by Crippen LogP contribution is -2.01. The molecule has 3 heterocycles. The molecule has 0 radical (unpaired) electrons. The lowest BCUT2D eigenvalue weighted by molar-refractivity contribution is 1.11. The number of fused-ring (bicyclic) bond motifs is 11. The number of hydrogen-bond acceptors (Lipinski definition) is 3. The molecule has 0 N–H and O–H groups in total. The maximum absolute atomic E-state index is 4.87. The molecule has 0 spiro atoms. The summed E-state index contributed by atoms with van der Waals surface area (Å²) in [6, 6.07) is 36.6. The van der Waals surface area contributed by atoms with Crippen LogP contribution in [0, 0.1) is 0 Å². The highest BCUT2D eigenvalue weighted by Crippen LogP contribution is 2.47. The molecule has 4 aromatic carbocycles. The van der Waals surface area contributed by atoms with E-state index >= 15 is 0 Å². The average Bonchev–Trinajstić information content (AvgIpc) is 3.31. The number of nitrogens with zero attached hydrogens (tertiary/aromatic N) is 4. The Morgan fingerprint density at radius 2 is 1.19 bits per heavy atom. The second-order valence-electron chi connectivity index (χ2n) is 9.33. The van der Waals surface area contributed by atoms with Crippen molar-refractivity contribution in [1.82, 2.24) is 19.5 Å². The predicted octanol–water partition coefficient (Wildman–Crippen LogP) is 7.95. The van der Waals surface area contributed by atoms with Crippen molar-refractivity contribution in [3.05, 3.63) is 122 Å². The van der Waals surface area contributed by atoms with Crippen molar-refractivity contribution in [1.29, 1.82) is 0 Å². The van der Waals surface area contributed by atoms with Crippen molar-refractivity contribution in [2.75, 3.05) is 0 Å². The molecule has 37 heavy (non-hydrogen) atoms. The first-order valence-corrected chi connectivity index (χ1v) is 12.4. The van der Waals surface area contributed by atoms with Crippen LogP contribution in [0.15, 0.2) is 122 Å². The van der Waals surface area contributed by atoms with E-state index in [1.54, 1.807) is 6.33 Å². The molecule has 0 atom stereocenters. The highest BCUT2D eigenvalue weighted by molar-refractivity contribution is 6.08. The highest BCUT2D eigenvalue weighted by Gasteiger charge is 2.23. The van der Waals surface area contributed by atoms with Crippen LogP contribution in [0.25, 0.3) is 72.3 Å². The van der Waals surface area contributed by atoms with Gasteiger partial charge < -0.3 is 0 Å². The molecule has 4 nitrogen and oxygen atoms in total. The minimum Gasteiger partial charge on any atom is -0.294 e. The van der Waals surface area contributed by atoms with E-state index in [-0.39, 0.29) is 0 Å².